The van der Waals surface area contributed by atoms with Crippen molar-refractivity contribution in [2.24, 2.45) is 4.99 Å². The highest BCUT2D eigenvalue weighted by molar-refractivity contribution is 7.07. The molecule has 4 aromatic rings. The van der Waals surface area contributed by atoms with Gasteiger partial charge in [-0.05, 0) is 80.1 Å². The molecule has 0 saturated carbocycles. The molecule has 154 valence electrons. The fraction of sp³-hybridized carbons (Fsp3) is 0.280. The van der Waals surface area contributed by atoms with Crippen LogP contribution in [0.5, 0.6) is 0 Å². The Morgan fingerprint density at radius 2 is 1.73 bits per heavy atom. The van der Waals surface area contributed by atoms with Crippen LogP contribution in [0.4, 0.5) is 5.69 Å². The molecule has 0 aliphatic carbocycles. The first-order valence-corrected chi connectivity index (χ1v) is 11.2. The predicted molar refractivity (Wildman–Crippen MR) is 125 cm³/mol. The number of aryl methyl sites for hydroxylation is 5. The molecule has 0 aliphatic rings. The summed E-state index contributed by atoms with van der Waals surface area (Å²) in [4.78, 5) is 10.2. The first kappa shape index (κ1) is 20.4. The summed E-state index contributed by atoms with van der Waals surface area (Å²) < 4.78 is 4.49. The fourth-order valence-electron chi connectivity index (χ4n) is 3.72. The lowest BCUT2D eigenvalue weighted by Gasteiger charge is -2.11. The van der Waals surface area contributed by atoms with Gasteiger partial charge in [-0.2, -0.15) is 0 Å². The maximum atomic E-state index is 5.03. The summed E-state index contributed by atoms with van der Waals surface area (Å²) in [7, 11) is 0. The Bertz CT molecular complexity index is 1190. The van der Waals surface area contributed by atoms with Gasteiger partial charge in [0.1, 0.15) is 0 Å². The molecule has 0 saturated heterocycles. The lowest BCUT2D eigenvalue weighted by atomic mass is 10.0. The van der Waals surface area contributed by atoms with Crippen LogP contribution in [-0.4, -0.2) is 14.1 Å². The monoisotopic (exact) mass is 416 g/mol. The summed E-state index contributed by atoms with van der Waals surface area (Å²) >= 11 is 1.71. The molecule has 0 unspecified atom stereocenters. The molecule has 30 heavy (non-hydrogen) atoms. The van der Waals surface area contributed by atoms with Crippen molar-refractivity contribution in [2.45, 2.75) is 47.2 Å². The van der Waals surface area contributed by atoms with Crippen molar-refractivity contribution in [3.8, 4) is 11.3 Å². The van der Waals surface area contributed by atoms with Crippen molar-refractivity contribution in [1.82, 2.24) is 14.1 Å². The number of benzene rings is 2. The van der Waals surface area contributed by atoms with Crippen LogP contribution < -0.4 is 4.80 Å². The van der Waals surface area contributed by atoms with E-state index in [9.17, 15) is 0 Å². The second-order valence-corrected chi connectivity index (χ2v) is 8.80. The van der Waals surface area contributed by atoms with E-state index in [1.54, 1.807) is 11.3 Å². The second-order valence-electron chi connectivity index (χ2n) is 7.97. The number of hydrogen-bond donors (Lipinski definition) is 0. The number of nitrogens with zero attached hydrogens (tertiary/aromatic N) is 4. The van der Waals surface area contributed by atoms with Gasteiger partial charge in [-0.1, -0.05) is 18.2 Å². The van der Waals surface area contributed by atoms with E-state index in [0.29, 0.717) is 0 Å². The molecule has 4 nitrogen and oxygen atoms in total. The Morgan fingerprint density at radius 3 is 2.43 bits per heavy atom. The topological polar surface area (TPSA) is 35.1 Å². The van der Waals surface area contributed by atoms with Gasteiger partial charge >= 0.3 is 0 Å². The van der Waals surface area contributed by atoms with Crippen LogP contribution in [0.25, 0.3) is 11.3 Å². The lowest BCUT2D eigenvalue weighted by molar-refractivity contribution is 0.559. The Kier molecular flexibility index (Phi) is 6.00. The van der Waals surface area contributed by atoms with Crippen LogP contribution in [0, 0.1) is 27.7 Å². The van der Waals surface area contributed by atoms with E-state index < -0.39 is 0 Å². The summed E-state index contributed by atoms with van der Waals surface area (Å²) in [5.41, 5.74) is 8.62. The molecular formula is C25H28N4S. The first-order chi connectivity index (χ1) is 14.5. The van der Waals surface area contributed by atoms with Gasteiger partial charge in [-0.3, -0.25) is 0 Å². The van der Waals surface area contributed by atoms with E-state index in [1.165, 1.54) is 33.5 Å². The highest BCUT2D eigenvalue weighted by Gasteiger charge is 2.10. The van der Waals surface area contributed by atoms with Gasteiger partial charge in [0.05, 0.1) is 17.7 Å². The van der Waals surface area contributed by atoms with Gasteiger partial charge in [0.25, 0.3) is 0 Å². The van der Waals surface area contributed by atoms with Crippen molar-refractivity contribution in [3.05, 3.63) is 87.6 Å². The first-order valence-electron chi connectivity index (χ1n) is 10.3. The molecule has 0 spiro atoms. The smallest absolute Gasteiger partial charge is 0.190 e. The summed E-state index contributed by atoms with van der Waals surface area (Å²) in [6.45, 7) is 10.4. The summed E-state index contributed by atoms with van der Waals surface area (Å²) in [5.74, 6) is 0. The third-order valence-electron chi connectivity index (χ3n) is 5.39. The summed E-state index contributed by atoms with van der Waals surface area (Å²) in [6.07, 6.45) is 6.75. The standard InChI is InChI=1S/C25H28N4S/c1-18-12-19(2)14-23(13-18)27-25-29(10-5-9-28-11-8-26-17-28)24(16-30-25)22-7-6-20(3)21(4)15-22/h6-8,11-17H,5,9-10H2,1-4H3. The van der Waals surface area contributed by atoms with Crippen LogP contribution in [0.2, 0.25) is 0 Å². The zero-order valence-electron chi connectivity index (χ0n) is 18.1. The minimum Gasteiger partial charge on any atom is -0.337 e. The number of rotatable bonds is 6. The Labute approximate surface area is 182 Å². The fourth-order valence-corrected chi connectivity index (χ4v) is 4.68. The van der Waals surface area contributed by atoms with Crippen molar-refractivity contribution in [2.75, 3.05) is 0 Å². The molecule has 2 heterocycles. The van der Waals surface area contributed by atoms with E-state index in [2.05, 4.69) is 83.6 Å². The van der Waals surface area contributed by atoms with Gasteiger partial charge in [0.15, 0.2) is 4.80 Å². The molecule has 0 bridgehead atoms. The van der Waals surface area contributed by atoms with Crippen LogP contribution >= 0.6 is 11.3 Å². The number of thiazole rings is 1. The van der Waals surface area contributed by atoms with E-state index in [1.807, 2.05) is 18.7 Å². The maximum absolute atomic E-state index is 5.03. The van der Waals surface area contributed by atoms with E-state index in [4.69, 9.17) is 4.99 Å². The molecule has 2 aromatic heterocycles. The summed E-state index contributed by atoms with van der Waals surface area (Å²) in [6, 6.07) is 13.2. The average molecular weight is 417 g/mol. The van der Waals surface area contributed by atoms with Gasteiger partial charge < -0.3 is 9.13 Å². The van der Waals surface area contributed by atoms with Crippen LogP contribution in [0.1, 0.15) is 28.7 Å². The third-order valence-corrected chi connectivity index (χ3v) is 6.25. The van der Waals surface area contributed by atoms with Crippen LogP contribution in [0.3, 0.4) is 0 Å². The molecule has 0 atom stereocenters. The number of aromatic nitrogens is 3. The third kappa shape index (κ3) is 4.62. The van der Waals surface area contributed by atoms with Gasteiger partial charge in [-0.15, -0.1) is 11.3 Å². The molecule has 0 N–H and O–H groups in total. The Balaban J connectivity index is 1.74. The molecule has 2 aromatic carbocycles. The maximum Gasteiger partial charge on any atom is 0.190 e. The lowest BCUT2D eigenvalue weighted by Crippen LogP contribution is -2.17. The quantitative estimate of drug-likeness (QED) is 0.381. The second kappa shape index (κ2) is 8.84. The zero-order chi connectivity index (χ0) is 21.1. The Morgan fingerprint density at radius 1 is 0.933 bits per heavy atom. The Hall–Kier alpha value is -2.92. The molecule has 0 fully saturated rings. The number of hydrogen-bond acceptors (Lipinski definition) is 3. The van der Waals surface area contributed by atoms with Gasteiger partial charge in [-0.25, -0.2) is 9.98 Å². The SMILES string of the molecule is Cc1cc(C)cc(N=c2scc(-c3ccc(C)c(C)c3)n2CCCn2ccnc2)c1. The molecule has 0 aliphatic heterocycles. The van der Waals surface area contributed by atoms with Crippen LogP contribution in [0.15, 0.2) is 65.5 Å². The zero-order valence-corrected chi connectivity index (χ0v) is 18.9. The van der Waals surface area contributed by atoms with Gasteiger partial charge in [0, 0.05) is 30.9 Å². The van der Waals surface area contributed by atoms with Crippen molar-refractivity contribution < 1.29 is 0 Å². The molecule has 0 radical (unpaired) electrons. The van der Waals surface area contributed by atoms with E-state index in [0.717, 1.165) is 30.0 Å². The average Bonchev–Trinajstić information content (AvgIpc) is 3.34. The highest BCUT2D eigenvalue weighted by Crippen LogP contribution is 2.24. The predicted octanol–water partition coefficient (Wildman–Crippen LogP) is 5.97. The summed E-state index contributed by atoms with van der Waals surface area (Å²) in [5, 5.41) is 2.24. The largest absolute Gasteiger partial charge is 0.337 e. The number of imidazole rings is 1. The van der Waals surface area contributed by atoms with Crippen molar-refractivity contribution in [3.63, 3.8) is 0 Å². The normalized spacial score (nSPS) is 11.9. The highest BCUT2D eigenvalue weighted by atomic mass is 32.1. The van der Waals surface area contributed by atoms with E-state index in [-0.39, 0.29) is 0 Å². The molecule has 4 rings (SSSR count). The minimum atomic E-state index is 0.910. The van der Waals surface area contributed by atoms with Crippen molar-refractivity contribution in [1.29, 1.82) is 0 Å². The minimum absolute atomic E-state index is 0.910. The van der Waals surface area contributed by atoms with Crippen molar-refractivity contribution >= 4 is 17.0 Å². The molecule has 5 heteroatoms. The van der Waals surface area contributed by atoms with Gasteiger partial charge in [0.2, 0.25) is 0 Å². The molecular weight excluding hydrogens is 388 g/mol. The molecule has 0 amide bonds. The van der Waals surface area contributed by atoms with Crippen LogP contribution in [-0.2, 0) is 13.1 Å². The van der Waals surface area contributed by atoms with E-state index >= 15 is 0 Å².